The Morgan fingerprint density at radius 2 is 0.667 bits per heavy atom. The molecular formula is H8Cl2N2Pt2. The van der Waals surface area contributed by atoms with Crippen molar-refractivity contribution in [1.82, 2.24) is 12.3 Å². The zero-order valence-electron chi connectivity index (χ0n) is 3.39. The molecule has 0 atom stereocenters. The second kappa shape index (κ2) is 67.4. The molecule has 0 aromatic carbocycles. The molecule has 6 heteroatoms. The fraction of sp³-hybridized carbons (Fsp3) is 0. The number of hydrogen-bond donors (Lipinski definition) is 2. The fourth-order valence-corrected chi connectivity index (χ4v) is 0. The van der Waals surface area contributed by atoms with Crippen molar-refractivity contribution in [2.45, 2.75) is 0 Å². The molecule has 0 amide bonds. The van der Waals surface area contributed by atoms with Crippen LogP contribution in [0.3, 0.4) is 0 Å². The Morgan fingerprint density at radius 1 is 0.667 bits per heavy atom. The van der Waals surface area contributed by atoms with Crippen LogP contribution in [0.2, 0.25) is 0 Å². The SMILES string of the molecule is [Cl][Pt-].[Cl][Pt-].[NH4+].[NH4+]. The molecule has 0 fully saturated rings. The van der Waals surface area contributed by atoms with E-state index in [0.29, 0.717) is 0 Å². The molecule has 0 aromatic rings. The van der Waals surface area contributed by atoms with Crippen molar-refractivity contribution < 1.29 is 37.5 Å². The van der Waals surface area contributed by atoms with E-state index in [4.69, 9.17) is 0 Å². The van der Waals surface area contributed by atoms with Crippen molar-refractivity contribution in [3.63, 3.8) is 0 Å². The summed E-state index contributed by atoms with van der Waals surface area (Å²) in [5.41, 5.74) is 0. The Hall–Kier alpha value is 1.88. The molecule has 0 aromatic heterocycles. The minimum absolute atomic E-state index is 0. The molecule has 6 heavy (non-hydrogen) atoms. The van der Waals surface area contributed by atoms with Gasteiger partial charge < -0.3 is 12.3 Å². The molecular weight excluding hydrogens is 489 g/mol. The number of halogens is 2. The minimum atomic E-state index is 0. The first-order chi connectivity index (χ1) is 2.00. The maximum absolute atomic E-state index is 4.61. The van der Waals surface area contributed by atoms with Crippen LogP contribution in [0, 0.1) is 0 Å². The van der Waals surface area contributed by atoms with Crippen molar-refractivity contribution in [3.8, 4) is 0 Å². The van der Waals surface area contributed by atoms with Gasteiger partial charge in [0, 0.05) is 0 Å². The van der Waals surface area contributed by atoms with Gasteiger partial charge in [0.1, 0.15) is 0 Å². The Labute approximate surface area is 68.2 Å². The van der Waals surface area contributed by atoms with E-state index in [1.165, 1.54) is 0 Å². The first-order valence-electron chi connectivity index (χ1n) is 0.239. The van der Waals surface area contributed by atoms with Crippen LogP contribution in [0.4, 0.5) is 0 Å². The molecule has 2 nitrogen and oxygen atoms in total. The second-order valence-corrected chi connectivity index (χ2v) is 0. The van der Waals surface area contributed by atoms with Gasteiger partial charge in [-0.1, -0.05) is 0 Å². The summed E-state index contributed by atoms with van der Waals surface area (Å²) in [5.74, 6) is 0. The molecule has 0 saturated heterocycles. The topological polar surface area (TPSA) is 73.0 Å². The first-order valence-corrected chi connectivity index (χ1v) is 5.87. The van der Waals surface area contributed by atoms with E-state index < -0.39 is 0 Å². The Balaban J connectivity index is -0.00000000500. The summed E-state index contributed by atoms with van der Waals surface area (Å²) in [4.78, 5) is 0. The Morgan fingerprint density at radius 3 is 0.667 bits per heavy atom. The fourth-order valence-electron chi connectivity index (χ4n) is 0. The van der Waals surface area contributed by atoms with Crippen molar-refractivity contribution in [3.05, 3.63) is 0 Å². The van der Waals surface area contributed by atoms with Crippen LogP contribution in [0.5, 0.6) is 0 Å². The van der Waals surface area contributed by atoms with E-state index in [1.54, 1.807) is 37.5 Å². The van der Waals surface area contributed by atoms with E-state index >= 15 is 0 Å². The maximum Gasteiger partial charge on any atom is -0.369 e. The Bertz CT molecular complexity index is 9.51. The molecule has 0 spiro atoms. The van der Waals surface area contributed by atoms with Crippen molar-refractivity contribution >= 4 is 18.8 Å². The molecule has 8 N–H and O–H groups in total. The zero-order chi connectivity index (χ0) is 4.00. The molecule has 0 aliphatic carbocycles. The predicted octanol–water partition coefficient (Wildman–Crippen LogP) is 2.13. The van der Waals surface area contributed by atoms with Crippen molar-refractivity contribution in [1.29, 1.82) is 0 Å². The summed E-state index contributed by atoms with van der Waals surface area (Å²) < 4.78 is 0. The van der Waals surface area contributed by atoms with E-state index in [2.05, 4.69) is 18.8 Å². The standard InChI is InChI=1S/2ClH.2H3N.2Pt/h2*1H;2*1H3;;. The van der Waals surface area contributed by atoms with Gasteiger partial charge in [-0.25, -0.2) is 0 Å². The molecule has 0 saturated carbocycles. The third-order valence-corrected chi connectivity index (χ3v) is 0. The number of rotatable bonds is 0. The van der Waals surface area contributed by atoms with Crippen molar-refractivity contribution in [2.24, 2.45) is 0 Å². The van der Waals surface area contributed by atoms with Crippen LogP contribution in [0.15, 0.2) is 0 Å². The van der Waals surface area contributed by atoms with Crippen LogP contribution in [0.1, 0.15) is 0 Å². The van der Waals surface area contributed by atoms with Gasteiger partial charge in [-0.15, -0.1) is 0 Å². The molecule has 0 aliphatic rings. The molecule has 0 aliphatic heterocycles. The summed E-state index contributed by atoms with van der Waals surface area (Å²) in [5, 5.41) is 0. The summed E-state index contributed by atoms with van der Waals surface area (Å²) in [6, 6.07) is 0. The minimum Gasteiger partial charge on any atom is -0.369 e. The van der Waals surface area contributed by atoms with Gasteiger partial charge in [-0.05, 0) is 0 Å². The van der Waals surface area contributed by atoms with E-state index in [0.717, 1.165) is 0 Å². The quantitative estimate of drug-likeness (QED) is 0.515. The van der Waals surface area contributed by atoms with Gasteiger partial charge in [-0.2, -0.15) is 0 Å². The molecule has 0 bridgehead atoms. The van der Waals surface area contributed by atoms with Crippen LogP contribution >= 0.6 is 18.8 Å². The number of quaternary nitrogens is 2. The monoisotopic (exact) mass is 496 g/mol. The summed E-state index contributed by atoms with van der Waals surface area (Å²) in [6.07, 6.45) is 0. The Kier molecular flexibility index (Phi) is 279. The summed E-state index contributed by atoms with van der Waals surface area (Å²) in [7, 11) is 9.22. The second-order valence-electron chi connectivity index (χ2n) is 0. The van der Waals surface area contributed by atoms with Gasteiger partial charge in [0.15, 0.2) is 0 Å². The van der Waals surface area contributed by atoms with Gasteiger partial charge in [0.2, 0.25) is 0 Å². The molecule has 0 radical (unpaired) electrons. The van der Waals surface area contributed by atoms with Gasteiger partial charge in [0.05, 0.1) is 0 Å². The number of hydrogen-bond acceptors (Lipinski definition) is 0. The van der Waals surface area contributed by atoms with Gasteiger partial charge in [-0.3, -0.25) is 0 Å². The van der Waals surface area contributed by atoms with Crippen LogP contribution in [-0.2, 0) is 37.5 Å². The van der Waals surface area contributed by atoms with Crippen LogP contribution < -0.4 is 12.3 Å². The average Bonchev–Trinajstić information content (AvgIpc) is 1.50. The third-order valence-electron chi connectivity index (χ3n) is 0. The molecule has 52 valence electrons. The first kappa shape index (κ1) is 24.8. The molecule has 0 heterocycles. The summed E-state index contributed by atoms with van der Waals surface area (Å²) >= 11 is 3.22. The maximum atomic E-state index is 4.61. The van der Waals surface area contributed by atoms with E-state index in [-0.39, 0.29) is 12.3 Å². The zero-order valence-corrected chi connectivity index (χ0v) is 9.44. The van der Waals surface area contributed by atoms with E-state index in [9.17, 15) is 0 Å². The van der Waals surface area contributed by atoms with Crippen molar-refractivity contribution in [2.75, 3.05) is 0 Å². The smallest absolute Gasteiger partial charge is 0.369 e. The summed E-state index contributed by atoms with van der Waals surface area (Å²) in [6.45, 7) is 0. The molecule has 0 rings (SSSR count). The van der Waals surface area contributed by atoms with Crippen LogP contribution in [0.25, 0.3) is 0 Å². The molecule has 0 unspecified atom stereocenters. The van der Waals surface area contributed by atoms with Crippen LogP contribution in [-0.4, -0.2) is 0 Å². The largest absolute Gasteiger partial charge is 0.369 e. The third kappa shape index (κ3) is 39.7. The average molecular weight is 497 g/mol. The normalized spacial score (nSPS) is 2.33. The van der Waals surface area contributed by atoms with E-state index in [1.807, 2.05) is 0 Å². The van der Waals surface area contributed by atoms with Gasteiger partial charge in [0.25, 0.3) is 0 Å². The predicted molar refractivity (Wildman–Crippen MR) is 23.7 cm³/mol. The van der Waals surface area contributed by atoms with Gasteiger partial charge >= 0.3 is 56.4 Å².